The van der Waals surface area contributed by atoms with Crippen LogP contribution in [0.25, 0.3) is 22.0 Å². The number of hydrogen-bond donors (Lipinski definition) is 2. The lowest BCUT2D eigenvalue weighted by atomic mass is 9.96. The molecule has 2 heterocycles. The number of carbonyl (C=O) groups excluding carboxylic acids is 1. The Kier molecular flexibility index (Phi) is 7.76. The van der Waals surface area contributed by atoms with Crippen molar-refractivity contribution in [3.8, 4) is 27.8 Å². The molecule has 1 amide bonds. The van der Waals surface area contributed by atoms with Crippen LogP contribution in [0.2, 0.25) is 0 Å². The first-order valence-electron chi connectivity index (χ1n) is 12.9. The van der Waals surface area contributed by atoms with Crippen molar-refractivity contribution in [1.82, 2.24) is 14.5 Å². The van der Waals surface area contributed by atoms with Gasteiger partial charge in [-0.2, -0.15) is 4.98 Å². The Hall–Kier alpha value is -4.70. The fourth-order valence-corrected chi connectivity index (χ4v) is 5.68. The Morgan fingerprint density at radius 3 is 2.41 bits per heavy atom. The maximum absolute atomic E-state index is 15.3. The standard InChI is InChI=1S/C31H26F2N4O3S/c1-3-26(19-7-5-4-6-8-19)37-28(30-35-17(2)16-41-30)36-29(39)24(31(37)40)13-18-9-11-22(25(33)14-18)21-12-10-20(32)15-23(21)27(34)38/h4-12,14-16,26,39H,3,13H2,1-2H3,(H2,34,38)/t26-/m0/s1. The van der Waals surface area contributed by atoms with Gasteiger partial charge in [-0.25, -0.2) is 13.8 Å². The average Bonchev–Trinajstić information content (AvgIpc) is 3.39. The van der Waals surface area contributed by atoms with Gasteiger partial charge in [0, 0.05) is 28.6 Å². The van der Waals surface area contributed by atoms with Gasteiger partial charge in [-0.15, -0.1) is 11.3 Å². The second-order valence-electron chi connectivity index (χ2n) is 9.59. The lowest BCUT2D eigenvalue weighted by Gasteiger charge is -2.22. The molecule has 0 aliphatic carbocycles. The van der Waals surface area contributed by atoms with Crippen LogP contribution < -0.4 is 11.3 Å². The Morgan fingerprint density at radius 1 is 1.05 bits per heavy atom. The minimum Gasteiger partial charge on any atom is -0.493 e. The molecular weight excluding hydrogens is 546 g/mol. The fourth-order valence-electron chi connectivity index (χ4n) is 4.90. The van der Waals surface area contributed by atoms with Crippen LogP contribution in [0, 0.1) is 18.6 Å². The van der Waals surface area contributed by atoms with Gasteiger partial charge in [-0.3, -0.25) is 14.2 Å². The molecule has 0 aliphatic rings. The van der Waals surface area contributed by atoms with Crippen LogP contribution in [0.4, 0.5) is 8.78 Å². The molecule has 0 saturated carbocycles. The molecule has 0 unspecified atom stereocenters. The smallest absolute Gasteiger partial charge is 0.261 e. The second-order valence-corrected chi connectivity index (χ2v) is 10.4. The van der Waals surface area contributed by atoms with Crippen molar-refractivity contribution < 1.29 is 18.7 Å². The Balaban J connectivity index is 1.61. The van der Waals surface area contributed by atoms with Gasteiger partial charge in [0.05, 0.1) is 11.6 Å². The van der Waals surface area contributed by atoms with Crippen LogP contribution in [-0.2, 0) is 6.42 Å². The molecule has 208 valence electrons. The van der Waals surface area contributed by atoms with Crippen molar-refractivity contribution >= 4 is 17.2 Å². The molecule has 0 aliphatic heterocycles. The van der Waals surface area contributed by atoms with Crippen molar-refractivity contribution in [2.45, 2.75) is 32.7 Å². The van der Waals surface area contributed by atoms with E-state index in [9.17, 15) is 19.1 Å². The Bertz CT molecular complexity index is 1820. The zero-order chi connectivity index (χ0) is 29.3. The molecule has 3 N–H and O–H groups in total. The van der Waals surface area contributed by atoms with Crippen molar-refractivity contribution in [2.24, 2.45) is 5.73 Å². The first-order valence-corrected chi connectivity index (χ1v) is 13.8. The number of primary amides is 1. The normalized spacial score (nSPS) is 11.9. The molecule has 3 aromatic carbocycles. The van der Waals surface area contributed by atoms with Crippen LogP contribution in [0.1, 0.15) is 52.1 Å². The second kappa shape index (κ2) is 11.4. The van der Waals surface area contributed by atoms with Crippen molar-refractivity contribution in [3.63, 3.8) is 0 Å². The number of amides is 1. The lowest BCUT2D eigenvalue weighted by Crippen LogP contribution is -2.31. The molecule has 0 spiro atoms. The number of thiazole rings is 1. The number of benzene rings is 3. The third-order valence-corrected chi connectivity index (χ3v) is 7.79. The van der Waals surface area contributed by atoms with Crippen LogP contribution in [-0.4, -0.2) is 25.5 Å². The third kappa shape index (κ3) is 5.51. The van der Waals surface area contributed by atoms with E-state index >= 15 is 4.39 Å². The predicted molar refractivity (Wildman–Crippen MR) is 154 cm³/mol. The lowest BCUT2D eigenvalue weighted by molar-refractivity contribution is 0.100. The highest BCUT2D eigenvalue weighted by Crippen LogP contribution is 2.32. The van der Waals surface area contributed by atoms with E-state index in [1.54, 1.807) is 10.6 Å². The number of nitrogens with two attached hydrogens (primary N) is 1. The molecule has 0 saturated heterocycles. The van der Waals surface area contributed by atoms with E-state index < -0.39 is 29.0 Å². The number of aryl methyl sites for hydroxylation is 1. The van der Waals surface area contributed by atoms with Gasteiger partial charge in [0.2, 0.25) is 11.8 Å². The van der Waals surface area contributed by atoms with Gasteiger partial charge in [-0.1, -0.05) is 55.5 Å². The molecule has 10 heteroatoms. The molecule has 5 rings (SSSR count). The topological polar surface area (TPSA) is 111 Å². The zero-order valence-electron chi connectivity index (χ0n) is 22.3. The fraction of sp³-hybridized carbons (Fsp3) is 0.161. The molecule has 0 fully saturated rings. The van der Waals surface area contributed by atoms with Gasteiger partial charge in [0.25, 0.3) is 5.56 Å². The predicted octanol–water partition coefficient (Wildman–Crippen LogP) is 6.02. The number of aromatic hydroxyl groups is 1. The highest BCUT2D eigenvalue weighted by Gasteiger charge is 2.25. The first kappa shape index (κ1) is 27.9. The zero-order valence-corrected chi connectivity index (χ0v) is 23.1. The van der Waals surface area contributed by atoms with Crippen LogP contribution in [0.5, 0.6) is 5.88 Å². The molecule has 0 bridgehead atoms. The molecule has 1 atom stereocenters. The summed E-state index contributed by atoms with van der Waals surface area (Å²) in [6, 6.07) is 16.7. The van der Waals surface area contributed by atoms with Gasteiger partial charge >= 0.3 is 0 Å². The first-order chi connectivity index (χ1) is 19.7. The number of rotatable bonds is 8. The molecule has 0 radical (unpaired) electrons. The van der Waals surface area contributed by atoms with E-state index in [4.69, 9.17) is 5.73 Å². The Labute approximate surface area is 238 Å². The number of halogens is 2. The highest BCUT2D eigenvalue weighted by atomic mass is 32.1. The van der Waals surface area contributed by atoms with Crippen molar-refractivity contribution in [3.05, 3.63) is 122 Å². The van der Waals surface area contributed by atoms with Gasteiger partial charge in [-0.05, 0) is 48.2 Å². The maximum atomic E-state index is 15.3. The molecular formula is C31H26F2N4O3S. The third-order valence-electron chi connectivity index (χ3n) is 6.83. The summed E-state index contributed by atoms with van der Waals surface area (Å²) in [6.07, 6.45) is 0.458. The largest absolute Gasteiger partial charge is 0.493 e. The van der Waals surface area contributed by atoms with Crippen molar-refractivity contribution in [2.75, 3.05) is 0 Å². The van der Waals surface area contributed by atoms with E-state index in [2.05, 4.69) is 9.97 Å². The van der Waals surface area contributed by atoms with E-state index in [0.29, 0.717) is 17.0 Å². The average molecular weight is 573 g/mol. The molecule has 2 aromatic heterocycles. The summed E-state index contributed by atoms with van der Waals surface area (Å²) in [5, 5.41) is 13.3. The molecule has 7 nitrogen and oxygen atoms in total. The van der Waals surface area contributed by atoms with Crippen molar-refractivity contribution in [1.29, 1.82) is 0 Å². The van der Waals surface area contributed by atoms with Gasteiger partial charge in [0.15, 0.2) is 10.8 Å². The van der Waals surface area contributed by atoms with Gasteiger partial charge in [0.1, 0.15) is 11.6 Å². The van der Waals surface area contributed by atoms with Crippen LogP contribution in [0.15, 0.2) is 76.9 Å². The minimum absolute atomic E-state index is 0.00293. The monoisotopic (exact) mass is 572 g/mol. The van der Waals surface area contributed by atoms with E-state index in [1.165, 1.54) is 29.5 Å². The summed E-state index contributed by atoms with van der Waals surface area (Å²) < 4.78 is 30.6. The summed E-state index contributed by atoms with van der Waals surface area (Å²) in [4.78, 5) is 34.8. The minimum atomic E-state index is -0.890. The maximum Gasteiger partial charge on any atom is 0.261 e. The number of hydrogen-bond acceptors (Lipinski definition) is 6. The number of aromatic nitrogens is 3. The van der Waals surface area contributed by atoms with E-state index in [-0.39, 0.29) is 40.5 Å². The summed E-state index contributed by atoms with van der Waals surface area (Å²) >= 11 is 1.32. The number of carbonyl (C=O) groups is 1. The van der Waals surface area contributed by atoms with E-state index in [1.807, 2.05) is 49.6 Å². The summed E-state index contributed by atoms with van der Waals surface area (Å²) in [6.45, 7) is 3.79. The Morgan fingerprint density at radius 2 is 1.78 bits per heavy atom. The SMILES string of the molecule is CC[C@@H](c1ccccc1)n1c(-c2nc(C)cs2)nc(O)c(Cc2ccc(-c3ccc(F)cc3C(N)=O)c(F)c2)c1=O. The number of nitrogens with zero attached hydrogens (tertiary/aromatic N) is 3. The summed E-state index contributed by atoms with van der Waals surface area (Å²) in [7, 11) is 0. The molecule has 41 heavy (non-hydrogen) atoms. The summed E-state index contributed by atoms with van der Waals surface area (Å²) in [5.74, 6) is -2.47. The van der Waals surface area contributed by atoms with Gasteiger partial charge < -0.3 is 10.8 Å². The summed E-state index contributed by atoms with van der Waals surface area (Å²) in [5.41, 5.74) is 7.01. The van der Waals surface area contributed by atoms with Crippen LogP contribution in [0.3, 0.4) is 0 Å². The quantitative estimate of drug-likeness (QED) is 0.236. The van der Waals surface area contributed by atoms with Crippen LogP contribution >= 0.6 is 11.3 Å². The molecule has 5 aromatic rings. The highest BCUT2D eigenvalue weighted by molar-refractivity contribution is 7.13. The van der Waals surface area contributed by atoms with E-state index in [0.717, 1.165) is 23.4 Å².